The van der Waals surface area contributed by atoms with Gasteiger partial charge in [-0.2, -0.15) is 0 Å². The highest BCUT2D eigenvalue weighted by Gasteiger charge is 2.24. The van der Waals surface area contributed by atoms with Crippen molar-refractivity contribution in [3.8, 4) is 11.1 Å². The van der Waals surface area contributed by atoms with E-state index in [0.29, 0.717) is 32.7 Å². The van der Waals surface area contributed by atoms with Gasteiger partial charge >= 0.3 is 5.97 Å². The van der Waals surface area contributed by atoms with Crippen LogP contribution in [0.2, 0.25) is 0 Å². The van der Waals surface area contributed by atoms with E-state index in [-0.39, 0.29) is 6.61 Å². The third kappa shape index (κ3) is 3.48. The van der Waals surface area contributed by atoms with Crippen LogP contribution in [-0.4, -0.2) is 23.1 Å². The molecule has 0 spiro atoms. The average molecular weight is 422 g/mol. The summed E-state index contributed by atoms with van der Waals surface area (Å²) in [6, 6.07) is 15.6. The Morgan fingerprint density at radius 2 is 1.90 bits per heavy atom. The molecule has 4 rings (SSSR count). The van der Waals surface area contributed by atoms with Crippen LogP contribution in [0.5, 0.6) is 0 Å². The molecule has 0 aliphatic rings. The van der Waals surface area contributed by atoms with Crippen molar-refractivity contribution in [3.63, 3.8) is 0 Å². The van der Waals surface area contributed by atoms with Gasteiger partial charge in [0.05, 0.1) is 12.1 Å². The molecule has 0 saturated heterocycles. The molecule has 0 bridgehead atoms. The SMILES string of the molecule is CCOC(=O)c1c(-c2ccccc2)csc1NC(=O)c1cc2c(F)cccc2n1C. The van der Waals surface area contributed by atoms with Gasteiger partial charge in [-0.05, 0) is 30.7 Å². The lowest BCUT2D eigenvalue weighted by Gasteiger charge is -2.09. The fourth-order valence-corrected chi connectivity index (χ4v) is 4.35. The number of thiophene rings is 1. The van der Waals surface area contributed by atoms with Crippen LogP contribution in [-0.2, 0) is 11.8 Å². The number of nitrogens with one attached hydrogen (secondary N) is 1. The molecule has 0 fully saturated rings. The molecule has 152 valence electrons. The number of aromatic nitrogens is 1. The summed E-state index contributed by atoms with van der Waals surface area (Å²) < 4.78 is 21.0. The van der Waals surface area contributed by atoms with Gasteiger partial charge < -0.3 is 14.6 Å². The summed E-state index contributed by atoms with van der Waals surface area (Å²) in [7, 11) is 1.70. The Hall–Kier alpha value is -3.45. The molecule has 0 radical (unpaired) electrons. The van der Waals surface area contributed by atoms with Crippen molar-refractivity contribution in [1.29, 1.82) is 0 Å². The van der Waals surface area contributed by atoms with E-state index in [1.54, 1.807) is 30.7 Å². The Bertz CT molecular complexity index is 1240. The summed E-state index contributed by atoms with van der Waals surface area (Å²) >= 11 is 1.25. The van der Waals surface area contributed by atoms with Crippen molar-refractivity contribution < 1.29 is 18.7 Å². The second-order valence-corrected chi connectivity index (χ2v) is 7.54. The molecular formula is C23H19FN2O3S. The number of amides is 1. The van der Waals surface area contributed by atoms with Crippen LogP contribution in [0.25, 0.3) is 22.0 Å². The lowest BCUT2D eigenvalue weighted by Crippen LogP contribution is -2.17. The van der Waals surface area contributed by atoms with E-state index in [1.807, 2.05) is 35.7 Å². The Labute approximate surface area is 176 Å². The summed E-state index contributed by atoms with van der Waals surface area (Å²) in [5.41, 5.74) is 2.76. The van der Waals surface area contributed by atoms with Gasteiger partial charge in [0.2, 0.25) is 0 Å². The fourth-order valence-electron chi connectivity index (χ4n) is 3.40. The predicted molar refractivity (Wildman–Crippen MR) is 117 cm³/mol. The maximum atomic E-state index is 14.1. The summed E-state index contributed by atoms with van der Waals surface area (Å²) in [6.07, 6.45) is 0. The van der Waals surface area contributed by atoms with Crippen LogP contribution in [0.4, 0.5) is 9.39 Å². The molecule has 0 aliphatic carbocycles. The van der Waals surface area contributed by atoms with Crippen LogP contribution in [0.3, 0.4) is 0 Å². The quantitative estimate of drug-likeness (QED) is 0.434. The number of fused-ring (bicyclic) bond motifs is 1. The number of carbonyl (C=O) groups is 2. The highest BCUT2D eigenvalue weighted by Crippen LogP contribution is 2.36. The van der Waals surface area contributed by atoms with E-state index in [1.165, 1.54) is 23.5 Å². The lowest BCUT2D eigenvalue weighted by atomic mass is 10.0. The van der Waals surface area contributed by atoms with Crippen molar-refractivity contribution in [2.45, 2.75) is 6.92 Å². The van der Waals surface area contributed by atoms with Gasteiger partial charge in [-0.3, -0.25) is 4.79 Å². The van der Waals surface area contributed by atoms with Crippen molar-refractivity contribution >= 4 is 39.1 Å². The number of aryl methyl sites for hydroxylation is 1. The van der Waals surface area contributed by atoms with Gasteiger partial charge in [0.1, 0.15) is 22.1 Å². The van der Waals surface area contributed by atoms with Gasteiger partial charge in [-0.25, -0.2) is 9.18 Å². The van der Waals surface area contributed by atoms with E-state index >= 15 is 0 Å². The summed E-state index contributed by atoms with van der Waals surface area (Å²) in [4.78, 5) is 25.7. The monoisotopic (exact) mass is 422 g/mol. The first-order valence-corrected chi connectivity index (χ1v) is 10.3. The molecule has 2 heterocycles. The number of halogens is 1. The van der Waals surface area contributed by atoms with Crippen LogP contribution < -0.4 is 5.32 Å². The number of rotatable bonds is 5. The topological polar surface area (TPSA) is 60.3 Å². The number of benzene rings is 2. The normalized spacial score (nSPS) is 10.9. The number of hydrogen-bond donors (Lipinski definition) is 1. The molecule has 0 aliphatic heterocycles. The smallest absolute Gasteiger partial charge is 0.341 e. The number of anilines is 1. The largest absolute Gasteiger partial charge is 0.462 e. The molecule has 5 nitrogen and oxygen atoms in total. The molecule has 0 unspecified atom stereocenters. The molecule has 1 amide bonds. The highest BCUT2D eigenvalue weighted by molar-refractivity contribution is 7.15. The van der Waals surface area contributed by atoms with Gasteiger partial charge in [0.25, 0.3) is 5.91 Å². The zero-order valence-electron chi connectivity index (χ0n) is 16.4. The van der Waals surface area contributed by atoms with E-state index in [4.69, 9.17) is 4.74 Å². The Morgan fingerprint density at radius 1 is 1.13 bits per heavy atom. The first-order valence-electron chi connectivity index (χ1n) is 9.40. The minimum Gasteiger partial charge on any atom is -0.462 e. The summed E-state index contributed by atoms with van der Waals surface area (Å²) in [5, 5.41) is 5.39. The molecule has 0 saturated carbocycles. The van der Waals surface area contributed by atoms with E-state index in [2.05, 4.69) is 5.32 Å². The molecule has 0 atom stereocenters. The van der Waals surface area contributed by atoms with Crippen LogP contribution in [0, 0.1) is 5.82 Å². The third-order valence-electron chi connectivity index (χ3n) is 4.85. The molecule has 2 aromatic carbocycles. The summed E-state index contributed by atoms with van der Waals surface area (Å²) in [6.45, 7) is 1.95. The van der Waals surface area contributed by atoms with Gasteiger partial charge in [0.15, 0.2) is 0 Å². The van der Waals surface area contributed by atoms with E-state index in [9.17, 15) is 14.0 Å². The number of carbonyl (C=O) groups excluding carboxylic acids is 2. The van der Waals surface area contributed by atoms with Crippen molar-refractivity contribution in [2.75, 3.05) is 11.9 Å². The molecule has 4 aromatic rings. The highest BCUT2D eigenvalue weighted by atomic mass is 32.1. The van der Waals surface area contributed by atoms with Crippen molar-refractivity contribution in [1.82, 2.24) is 4.57 Å². The van der Waals surface area contributed by atoms with Crippen molar-refractivity contribution in [2.24, 2.45) is 7.05 Å². The number of nitrogens with zero attached hydrogens (tertiary/aromatic N) is 1. The summed E-state index contributed by atoms with van der Waals surface area (Å²) in [5.74, 6) is -1.33. The first-order chi connectivity index (χ1) is 14.5. The molecular weight excluding hydrogens is 403 g/mol. The fraction of sp³-hybridized carbons (Fsp3) is 0.130. The number of hydrogen-bond acceptors (Lipinski definition) is 4. The minimum absolute atomic E-state index is 0.221. The van der Waals surface area contributed by atoms with E-state index < -0.39 is 17.7 Å². The predicted octanol–water partition coefficient (Wildman–Crippen LogP) is 5.47. The zero-order valence-corrected chi connectivity index (χ0v) is 17.3. The first kappa shape index (κ1) is 19.8. The lowest BCUT2D eigenvalue weighted by molar-refractivity contribution is 0.0529. The number of ether oxygens (including phenoxy) is 1. The van der Waals surface area contributed by atoms with Crippen LogP contribution in [0.1, 0.15) is 27.8 Å². The van der Waals surface area contributed by atoms with Crippen LogP contribution in [0.15, 0.2) is 60.0 Å². The van der Waals surface area contributed by atoms with Gasteiger partial charge in [-0.1, -0.05) is 36.4 Å². The number of esters is 1. The second kappa shape index (κ2) is 8.12. The van der Waals surface area contributed by atoms with Crippen LogP contribution >= 0.6 is 11.3 Å². The Balaban J connectivity index is 1.74. The average Bonchev–Trinajstić information content (AvgIpc) is 3.31. The standard InChI is InChI=1S/C23H19FN2O3S/c1-3-29-23(28)20-16(14-8-5-4-6-9-14)13-30-22(20)25-21(27)19-12-15-17(24)10-7-11-18(15)26(19)2/h4-13H,3H2,1-2H3,(H,25,27). The van der Waals surface area contributed by atoms with Gasteiger partial charge in [0, 0.05) is 23.4 Å². The maximum absolute atomic E-state index is 14.1. The Morgan fingerprint density at radius 3 is 2.60 bits per heavy atom. The minimum atomic E-state index is -0.504. The Kier molecular flexibility index (Phi) is 5.37. The molecule has 1 N–H and O–H groups in total. The van der Waals surface area contributed by atoms with Gasteiger partial charge in [-0.15, -0.1) is 11.3 Å². The molecule has 2 aromatic heterocycles. The van der Waals surface area contributed by atoms with Crippen molar-refractivity contribution in [3.05, 3.63) is 77.1 Å². The zero-order chi connectivity index (χ0) is 21.3. The second-order valence-electron chi connectivity index (χ2n) is 6.66. The molecule has 30 heavy (non-hydrogen) atoms. The third-order valence-corrected chi connectivity index (χ3v) is 5.74. The molecule has 7 heteroatoms. The van der Waals surface area contributed by atoms with E-state index in [0.717, 1.165) is 5.56 Å². The maximum Gasteiger partial charge on any atom is 0.341 e.